The molecule has 0 fully saturated rings. The monoisotopic (exact) mass is 364 g/mol. The first kappa shape index (κ1) is 18.3. The number of nitrogens with one attached hydrogen (secondary N) is 1. The van der Waals surface area contributed by atoms with Gasteiger partial charge in [0.15, 0.2) is 0 Å². The normalized spacial score (nSPS) is 10.3. The summed E-state index contributed by atoms with van der Waals surface area (Å²) in [5.41, 5.74) is 2.38. The quantitative estimate of drug-likeness (QED) is 0.845. The first-order valence-electron chi connectivity index (χ1n) is 7.52. The average molecular weight is 365 g/mol. The van der Waals surface area contributed by atoms with Crippen molar-refractivity contribution < 1.29 is 9.59 Å². The zero-order valence-electron chi connectivity index (χ0n) is 13.5. The van der Waals surface area contributed by atoms with Crippen LogP contribution in [0, 0.1) is 0 Å². The maximum Gasteiger partial charge on any atom is 0.244 e. The van der Waals surface area contributed by atoms with Crippen molar-refractivity contribution in [3.8, 4) is 0 Å². The summed E-state index contributed by atoms with van der Waals surface area (Å²) in [6, 6.07) is 12.4. The number of nitrogens with zero attached hydrogens (tertiary/aromatic N) is 1. The first-order chi connectivity index (χ1) is 11.4. The Labute approximate surface area is 151 Å². The van der Waals surface area contributed by atoms with E-state index in [9.17, 15) is 9.59 Å². The molecule has 0 aliphatic heterocycles. The van der Waals surface area contributed by atoms with Gasteiger partial charge in [-0.05, 0) is 42.3 Å². The molecular weight excluding hydrogens is 347 g/mol. The second-order valence-electron chi connectivity index (χ2n) is 5.30. The van der Waals surface area contributed by atoms with Gasteiger partial charge in [0.1, 0.15) is 6.54 Å². The van der Waals surface area contributed by atoms with Crippen LogP contribution in [0.1, 0.15) is 19.4 Å². The Kier molecular flexibility index (Phi) is 6.23. The number of hydrogen-bond donors (Lipinski definition) is 1. The van der Waals surface area contributed by atoms with Crippen LogP contribution in [0.3, 0.4) is 0 Å². The number of halogens is 2. The standard InChI is InChI=1S/C18H18Cl2N2O2/c1-3-13-4-7-15(8-5-13)22(12(2)23)11-18(24)21-14-6-9-16(19)17(20)10-14/h4-10H,3,11H2,1-2H3,(H,21,24). The smallest absolute Gasteiger partial charge is 0.244 e. The Morgan fingerprint density at radius 1 is 1.04 bits per heavy atom. The molecule has 0 spiro atoms. The van der Waals surface area contributed by atoms with Crippen LogP contribution in [0.25, 0.3) is 0 Å². The van der Waals surface area contributed by atoms with Gasteiger partial charge in [0.2, 0.25) is 11.8 Å². The van der Waals surface area contributed by atoms with Crippen LogP contribution in [0.5, 0.6) is 0 Å². The van der Waals surface area contributed by atoms with E-state index in [0.29, 0.717) is 21.4 Å². The number of hydrogen-bond acceptors (Lipinski definition) is 2. The SMILES string of the molecule is CCc1ccc(N(CC(=O)Nc2ccc(Cl)c(Cl)c2)C(C)=O)cc1. The lowest BCUT2D eigenvalue weighted by molar-refractivity contribution is -0.120. The molecule has 0 aromatic heterocycles. The van der Waals surface area contributed by atoms with Gasteiger partial charge < -0.3 is 10.2 Å². The third-order valence-electron chi connectivity index (χ3n) is 3.54. The summed E-state index contributed by atoms with van der Waals surface area (Å²) >= 11 is 11.8. The largest absolute Gasteiger partial charge is 0.324 e. The zero-order chi connectivity index (χ0) is 17.7. The van der Waals surface area contributed by atoms with Crippen LogP contribution in [-0.2, 0) is 16.0 Å². The second-order valence-corrected chi connectivity index (χ2v) is 6.12. The highest BCUT2D eigenvalue weighted by atomic mass is 35.5. The first-order valence-corrected chi connectivity index (χ1v) is 8.28. The molecule has 0 aliphatic carbocycles. The Hall–Kier alpha value is -2.04. The lowest BCUT2D eigenvalue weighted by atomic mass is 10.1. The molecule has 0 saturated carbocycles. The van der Waals surface area contributed by atoms with E-state index in [4.69, 9.17) is 23.2 Å². The highest BCUT2D eigenvalue weighted by Gasteiger charge is 2.16. The minimum absolute atomic E-state index is 0.0823. The van der Waals surface area contributed by atoms with Crippen molar-refractivity contribution in [1.82, 2.24) is 0 Å². The number of anilines is 2. The van der Waals surface area contributed by atoms with Gasteiger partial charge in [-0.25, -0.2) is 0 Å². The van der Waals surface area contributed by atoms with Crippen LogP contribution < -0.4 is 10.2 Å². The number of carbonyl (C=O) groups is 2. The van der Waals surface area contributed by atoms with Crippen molar-refractivity contribution in [1.29, 1.82) is 0 Å². The number of aryl methyl sites for hydroxylation is 1. The summed E-state index contributed by atoms with van der Waals surface area (Å²) in [5.74, 6) is -0.522. The number of rotatable bonds is 5. The number of benzene rings is 2. The molecule has 0 heterocycles. The van der Waals surface area contributed by atoms with Crippen molar-refractivity contribution in [2.45, 2.75) is 20.3 Å². The predicted molar refractivity (Wildman–Crippen MR) is 98.9 cm³/mol. The van der Waals surface area contributed by atoms with E-state index in [-0.39, 0.29) is 18.4 Å². The lowest BCUT2D eigenvalue weighted by Gasteiger charge is -2.21. The van der Waals surface area contributed by atoms with E-state index in [1.807, 2.05) is 24.3 Å². The zero-order valence-corrected chi connectivity index (χ0v) is 15.0. The Morgan fingerprint density at radius 3 is 2.25 bits per heavy atom. The number of amides is 2. The molecule has 126 valence electrons. The molecule has 6 heteroatoms. The van der Waals surface area contributed by atoms with Gasteiger partial charge in [-0.3, -0.25) is 9.59 Å². The molecule has 0 bridgehead atoms. The van der Waals surface area contributed by atoms with E-state index in [0.717, 1.165) is 6.42 Å². The highest BCUT2D eigenvalue weighted by Crippen LogP contribution is 2.25. The van der Waals surface area contributed by atoms with Crippen LogP contribution in [-0.4, -0.2) is 18.4 Å². The van der Waals surface area contributed by atoms with Crippen LogP contribution in [0.15, 0.2) is 42.5 Å². The van der Waals surface area contributed by atoms with Crippen LogP contribution in [0.2, 0.25) is 10.0 Å². The molecule has 0 saturated heterocycles. The molecule has 2 rings (SSSR count). The predicted octanol–water partition coefficient (Wildman–Crippen LogP) is 4.55. The average Bonchev–Trinajstić information content (AvgIpc) is 2.56. The summed E-state index contributed by atoms with van der Waals surface area (Å²) in [6.07, 6.45) is 0.915. The van der Waals surface area contributed by atoms with Crippen molar-refractivity contribution >= 4 is 46.4 Å². The van der Waals surface area contributed by atoms with Gasteiger partial charge in [-0.2, -0.15) is 0 Å². The van der Waals surface area contributed by atoms with Crippen molar-refractivity contribution in [2.24, 2.45) is 0 Å². The maximum atomic E-state index is 12.2. The van der Waals surface area contributed by atoms with E-state index < -0.39 is 0 Å². The van der Waals surface area contributed by atoms with E-state index in [1.165, 1.54) is 17.4 Å². The van der Waals surface area contributed by atoms with Gasteiger partial charge in [0.05, 0.1) is 10.0 Å². The van der Waals surface area contributed by atoms with Gasteiger partial charge in [-0.1, -0.05) is 42.3 Å². The molecule has 0 aliphatic rings. The molecule has 24 heavy (non-hydrogen) atoms. The number of carbonyl (C=O) groups excluding carboxylic acids is 2. The summed E-state index contributed by atoms with van der Waals surface area (Å²) in [4.78, 5) is 25.6. The summed E-state index contributed by atoms with van der Waals surface area (Å²) < 4.78 is 0. The van der Waals surface area contributed by atoms with E-state index in [1.54, 1.807) is 18.2 Å². The van der Waals surface area contributed by atoms with Gasteiger partial charge >= 0.3 is 0 Å². The topological polar surface area (TPSA) is 49.4 Å². The molecule has 0 atom stereocenters. The summed E-state index contributed by atoms with van der Waals surface area (Å²) in [7, 11) is 0. The fourth-order valence-corrected chi connectivity index (χ4v) is 2.51. The molecule has 0 unspecified atom stereocenters. The fourth-order valence-electron chi connectivity index (χ4n) is 2.21. The Balaban J connectivity index is 2.10. The van der Waals surface area contributed by atoms with Crippen molar-refractivity contribution in [3.05, 3.63) is 58.1 Å². The molecule has 0 radical (unpaired) electrons. The molecule has 2 amide bonds. The molecule has 2 aromatic rings. The van der Waals surface area contributed by atoms with Crippen molar-refractivity contribution in [3.63, 3.8) is 0 Å². The fraction of sp³-hybridized carbons (Fsp3) is 0.222. The Morgan fingerprint density at radius 2 is 1.71 bits per heavy atom. The third-order valence-corrected chi connectivity index (χ3v) is 4.28. The Bertz CT molecular complexity index is 745. The van der Waals surface area contributed by atoms with Gasteiger partial charge in [0, 0.05) is 18.3 Å². The third kappa shape index (κ3) is 4.73. The maximum absolute atomic E-state index is 12.2. The molecule has 4 nitrogen and oxygen atoms in total. The van der Waals surface area contributed by atoms with Crippen LogP contribution in [0.4, 0.5) is 11.4 Å². The van der Waals surface area contributed by atoms with E-state index in [2.05, 4.69) is 12.2 Å². The molecule has 1 N–H and O–H groups in total. The minimum atomic E-state index is -0.317. The minimum Gasteiger partial charge on any atom is -0.324 e. The van der Waals surface area contributed by atoms with Gasteiger partial charge in [-0.15, -0.1) is 0 Å². The van der Waals surface area contributed by atoms with Gasteiger partial charge in [0.25, 0.3) is 0 Å². The summed E-state index contributed by atoms with van der Waals surface area (Å²) in [5, 5.41) is 3.48. The van der Waals surface area contributed by atoms with E-state index >= 15 is 0 Å². The molecular formula is C18H18Cl2N2O2. The van der Waals surface area contributed by atoms with Crippen molar-refractivity contribution in [2.75, 3.05) is 16.8 Å². The molecule has 2 aromatic carbocycles. The lowest BCUT2D eigenvalue weighted by Crippen LogP contribution is -2.36. The second kappa shape index (κ2) is 8.18. The van der Waals surface area contributed by atoms with Crippen LogP contribution >= 0.6 is 23.2 Å². The summed E-state index contributed by atoms with van der Waals surface area (Å²) in [6.45, 7) is 3.41. The highest BCUT2D eigenvalue weighted by molar-refractivity contribution is 6.42.